The summed E-state index contributed by atoms with van der Waals surface area (Å²) in [7, 11) is -3.54. The van der Waals surface area contributed by atoms with Gasteiger partial charge in [-0.2, -0.15) is 4.89 Å². The number of ether oxygens (including phenoxy) is 2. The molecule has 0 amide bonds. The van der Waals surface area contributed by atoms with Crippen molar-refractivity contribution in [3.8, 4) is 0 Å². The minimum Gasteiger partial charge on any atom is -0.387 e. The molecule has 8 N–H and O–H groups in total. The highest BCUT2D eigenvalue weighted by atomic mass is 31.1. The first kappa shape index (κ1) is 30.9. The summed E-state index contributed by atoms with van der Waals surface area (Å²) in [4.78, 5) is 63.0. The van der Waals surface area contributed by atoms with Gasteiger partial charge in [0.15, 0.2) is 30.8 Å². The molecule has 4 heterocycles. The summed E-state index contributed by atoms with van der Waals surface area (Å²) >= 11 is 0. The monoisotopic (exact) mass is 613 g/mol. The van der Waals surface area contributed by atoms with Crippen LogP contribution in [0, 0.1) is 0 Å². The number of H-pyrrole nitrogens is 2. The van der Waals surface area contributed by atoms with Crippen LogP contribution >= 0.6 is 8.25 Å². The molecule has 2 saturated heterocycles. The standard InChI is InChI=1S/C18H21N4O18P/c23-5-1-3-21(17(28)19-5)13-8(26)7(25)9(34-13)15(27)39-41(33)40-16(38-32)12-10(36-30)11(37-31)14(35-12)22-4-2-6(24)20-18(22)29/h1-4,7-16,25-27H,(H4-,19,20,23,24,28,29,30,31,32)/p+1/t7?,8?,9-,10?,11?,12-,13+,14+,15?,16?/m1/s1. The first-order valence-corrected chi connectivity index (χ1v) is 12.3. The Morgan fingerprint density at radius 3 is 1.85 bits per heavy atom. The topological polar surface area (TPSA) is 313 Å². The van der Waals surface area contributed by atoms with E-state index in [9.17, 15) is 54.8 Å². The van der Waals surface area contributed by atoms with Gasteiger partial charge in [0.2, 0.25) is 6.29 Å². The average Bonchev–Trinajstić information content (AvgIpc) is 3.44. The van der Waals surface area contributed by atoms with Crippen LogP contribution in [0.25, 0.3) is 0 Å². The van der Waals surface area contributed by atoms with Crippen LogP contribution in [0.4, 0.5) is 0 Å². The zero-order valence-electron chi connectivity index (χ0n) is 20.0. The highest BCUT2D eigenvalue weighted by Gasteiger charge is 2.56. The SMILES string of the molecule is O=c1ccn([C@H]2O[C@@H](C(O)O[P+](=O)OC(OO)[C@@H]3O[C@H](n4ccc(=O)[nH]c4=O)C(OO)C3OO)C(O)C2O)c(=O)[nH]1. The van der Waals surface area contributed by atoms with Crippen LogP contribution in [0.5, 0.6) is 0 Å². The van der Waals surface area contributed by atoms with Gasteiger partial charge in [-0.05, 0) is 0 Å². The van der Waals surface area contributed by atoms with Gasteiger partial charge < -0.3 is 24.8 Å². The van der Waals surface area contributed by atoms with Crippen molar-refractivity contribution in [1.29, 1.82) is 0 Å². The van der Waals surface area contributed by atoms with E-state index in [0.29, 0.717) is 9.13 Å². The summed E-state index contributed by atoms with van der Waals surface area (Å²) in [5.74, 6) is 0. The van der Waals surface area contributed by atoms with Crippen LogP contribution in [0.3, 0.4) is 0 Å². The third-order valence-corrected chi connectivity index (χ3v) is 6.80. The molecule has 0 radical (unpaired) electrons. The molecule has 0 bridgehead atoms. The molecule has 2 aliphatic heterocycles. The molecule has 11 atom stereocenters. The fourth-order valence-electron chi connectivity index (χ4n) is 4.14. The summed E-state index contributed by atoms with van der Waals surface area (Å²) < 4.78 is 34.1. The first-order chi connectivity index (χ1) is 19.5. The predicted octanol–water partition coefficient (Wildman–Crippen LogP) is -3.86. The quantitative estimate of drug-likeness (QED) is 0.0520. The Kier molecular flexibility index (Phi) is 9.68. The van der Waals surface area contributed by atoms with Crippen LogP contribution < -0.4 is 22.5 Å². The van der Waals surface area contributed by atoms with Gasteiger partial charge in [-0.3, -0.25) is 39.2 Å². The number of nitrogens with zero attached hydrogens (tertiary/aromatic N) is 2. The minimum absolute atomic E-state index is 0.692. The van der Waals surface area contributed by atoms with Crippen molar-refractivity contribution in [2.75, 3.05) is 0 Å². The van der Waals surface area contributed by atoms with E-state index >= 15 is 0 Å². The maximum atomic E-state index is 12.5. The van der Waals surface area contributed by atoms with Gasteiger partial charge >= 0.3 is 19.6 Å². The van der Waals surface area contributed by atoms with E-state index < -0.39 is 92.4 Å². The summed E-state index contributed by atoms with van der Waals surface area (Å²) in [6.07, 6.45) is -16.9. The molecular formula is C18H22N4O18P+. The van der Waals surface area contributed by atoms with Crippen LogP contribution in [-0.2, 0) is 37.7 Å². The van der Waals surface area contributed by atoms with Gasteiger partial charge in [-0.25, -0.2) is 24.6 Å². The molecule has 0 aromatic carbocycles. The zero-order valence-corrected chi connectivity index (χ0v) is 20.9. The predicted molar refractivity (Wildman–Crippen MR) is 121 cm³/mol. The number of nitrogens with one attached hydrogen (secondary N) is 2. The van der Waals surface area contributed by atoms with Gasteiger partial charge in [0.05, 0.1) is 0 Å². The van der Waals surface area contributed by atoms with Crippen LogP contribution in [0.15, 0.2) is 43.7 Å². The molecule has 226 valence electrons. The largest absolute Gasteiger partial charge is 0.703 e. The Balaban J connectivity index is 1.45. The van der Waals surface area contributed by atoms with E-state index in [1.165, 1.54) is 0 Å². The van der Waals surface area contributed by atoms with Crippen molar-refractivity contribution >= 4 is 8.25 Å². The summed E-state index contributed by atoms with van der Waals surface area (Å²) in [6, 6.07) is 1.82. The molecule has 2 aromatic rings. The average molecular weight is 613 g/mol. The summed E-state index contributed by atoms with van der Waals surface area (Å²) in [5, 5.41) is 58.8. The Labute approximate surface area is 224 Å². The molecule has 0 saturated carbocycles. The van der Waals surface area contributed by atoms with E-state index in [0.717, 1.165) is 24.5 Å². The second-order valence-corrected chi connectivity index (χ2v) is 9.31. The number of aliphatic hydroxyl groups excluding tert-OH is 3. The molecule has 2 fully saturated rings. The molecule has 23 heteroatoms. The normalized spacial score (nSPS) is 31.7. The van der Waals surface area contributed by atoms with Crippen LogP contribution in [-0.4, -0.2) is 99.4 Å². The summed E-state index contributed by atoms with van der Waals surface area (Å²) in [6.45, 7) is 0. The molecule has 22 nitrogen and oxygen atoms in total. The van der Waals surface area contributed by atoms with Crippen molar-refractivity contribution in [2.24, 2.45) is 0 Å². The maximum Gasteiger partial charge on any atom is 0.703 e. The lowest BCUT2D eigenvalue weighted by Gasteiger charge is -2.20. The van der Waals surface area contributed by atoms with Gasteiger partial charge in [0, 0.05) is 29.1 Å². The van der Waals surface area contributed by atoms with Crippen molar-refractivity contribution in [2.45, 2.75) is 61.7 Å². The minimum atomic E-state index is -3.54. The zero-order chi connectivity index (χ0) is 30.0. The van der Waals surface area contributed by atoms with E-state index in [-0.39, 0.29) is 0 Å². The van der Waals surface area contributed by atoms with E-state index in [1.807, 2.05) is 9.97 Å². The van der Waals surface area contributed by atoms with Gasteiger partial charge in [-0.1, -0.05) is 9.05 Å². The van der Waals surface area contributed by atoms with E-state index in [4.69, 9.17) is 18.5 Å². The lowest BCUT2D eigenvalue weighted by Crippen LogP contribution is -2.43. The number of aromatic nitrogens is 4. The molecule has 7 unspecified atom stereocenters. The molecule has 0 spiro atoms. The lowest BCUT2D eigenvalue weighted by atomic mass is 10.1. The molecule has 4 rings (SSSR count). The van der Waals surface area contributed by atoms with Gasteiger partial charge in [0.1, 0.15) is 18.3 Å². The molecule has 0 aliphatic carbocycles. The lowest BCUT2D eigenvalue weighted by molar-refractivity contribution is -0.380. The summed E-state index contributed by atoms with van der Waals surface area (Å²) in [5.41, 5.74) is -3.62. The van der Waals surface area contributed by atoms with E-state index in [1.54, 1.807) is 0 Å². The first-order valence-electron chi connectivity index (χ1n) is 11.2. The highest BCUT2D eigenvalue weighted by molar-refractivity contribution is 7.33. The van der Waals surface area contributed by atoms with Gasteiger partial charge in [-0.15, -0.1) is 0 Å². The van der Waals surface area contributed by atoms with Crippen LogP contribution in [0.2, 0.25) is 0 Å². The van der Waals surface area contributed by atoms with Crippen molar-refractivity contribution in [3.05, 3.63) is 66.2 Å². The third-order valence-electron chi connectivity index (χ3n) is 6.03. The number of aliphatic hydroxyl groups is 3. The maximum absolute atomic E-state index is 12.5. The second kappa shape index (κ2) is 12.8. The smallest absolute Gasteiger partial charge is 0.387 e. The molecule has 2 aromatic heterocycles. The van der Waals surface area contributed by atoms with Crippen molar-refractivity contribution in [3.63, 3.8) is 0 Å². The van der Waals surface area contributed by atoms with Crippen LogP contribution in [0.1, 0.15) is 12.5 Å². The van der Waals surface area contributed by atoms with Crippen molar-refractivity contribution in [1.82, 2.24) is 19.1 Å². The fraction of sp³-hybridized carbons (Fsp3) is 0.556. The fourth-order valence-corrected chi connectivity index (χ4v) is 4.82. The number of rotatable bonds is 11. The van der Waals surface area contributed by atoms with Crippen molar-refractivity contribution < 1.29 is 68.8 Å². The Bertz CT molecular complexity index is 1460. The molecular weight excluding hydrogens is 591 g/mol. The highest BCUT2D eigenvalue weighted by Crippen LogP contribution is 2.40. The Hall–Kier alpha value is -3.06. The van der Waals surface area contributed by atoms with E-state index in [2.05, 4.69) is 14.7 Å². The Morgan fingerprint density at radius 2 is 1.34 bits per heavy atom. The number of aromatic amines is 2. The van der Waals surface area contributed by atoms with Gasteiger partial charge in [0.25, 0.3) is 17.4 Å². The number of hydrogen-bond acceptors (Lipinski definition) is 18. The molecule has 41 heavy (non-hydrogen) atoms. The third kappa shape index (κ3) is 6.25. The number of hydrogen-bond donors (Lipinski definition) is 8. The molecule has 2 aliphatic rings. The second-order valence-electron chi connectivity index (χ2n) is 8.44. The Morgan fingerprint density at radius 1 is 0.805 bits per heavy atom.